The average molecular weight is 224 g/mol. The van der Waals surface area contributed by atoms with Gasteiger partial charge in [-0.3, -0.25) is 4.98 Å². The van der Waals surface area contributed by atoms with E-state index in [0.29, 0.717) is 15.9 Å². The molecule has 1 aromatic carbocycles. The standard InChI is InChI=1S/C10H6F2N2S/c11-7-1-6(2-8(12)3-7)9-4-13-5-10(15)14-9/h1-5H,(H,14,15). The summed E-state index contributed by atoms with van der Waals surface area (Å²) in [6.45, 7) is 0. The molecule has 1 aromatic heterocycles. The van der Waals surface area contributed by atoms with E-state index in [9.17, 15) is 8.78 Å². The third kappa shape index (κ3) is 2.24. The topological polar surface area (TPSA) is 28.7 Å². The molecule has 15 heavy (non-hydrogen) atoms. The highest BCUT2D eigenvalue weighted by molar-refractivity contribution is 7.71. The van der Waals surface area contributed by atoms with Gasteiger partial charge in [-0.15, -0.1) is 0 Å². The summed E-state index contributed by atoms with van der Waals surface area (Å²) in [5.41, 5.74) is 0.868. The summed E-state index contributed by atoms with van der Waals surface area (Å²) in [5.74, 6) is -1.26. The lowest BCUT2D eigenvalue weighted by molar-refractivity contribution is 0.584. The fourth-order valence-corrected chi connectivity index (χ4v) is 1.40. The predicted octanol–water partition coefficient (Wildman–Crippen LogP) is 3.08. The van der Waals surface area contributed by atoms with Crippen LogP contribution >= 0.6 is 12.2 Å². The van der Waals surface area contributed by atoms with Crippen molar-refractivity contribution in [1.29, 1.82) is 0 Å². The molecule has 0 bridgehead atoms. The maximum Gasteiger partial charge on any atom is 0.126 e. The Hall–Kier alpha value is -1.62. The van der Waals surface area contributed by atoms with Crippen LogP contribution in [0.25, 0.3) is 11.3 Å². The lowest BCUT2D eigenvalue weighted by Crippen LogP contribution is -1.88. The smallest absolute Gasteiger partial charge is 0.126 e. The molecule has 1 N–H and O–H groups in total. The quantitative estimate of drug-likeness (QED) is 0.754. The second-order valence-electron chi connectivity index (χ2n) is 2.97. The summed E-state index contributed by atoms with van der Waals surface area (Å²) >= 11 is 4.86. The molecule has 0 aliphatic heterocycles. The minimum atomic E-state index is -0.631. The van der Waals surface area contributed by atoms with Crippen molar-refractivity contribution in [3.05, 3.63) is 46.9 Å². The Kier molecular flexibility index (Phi) is 2.55. The van der Waals surface area contributed by atoms with Crippen molar-refractivity contribution in [1.82, 2.24) is 9.97 Å². The van der Waals surface area contributed by atoms with E-state index in [-0.39, 0.29) is 0 Å². The van der Waals surface area contributed by atoms with Gasteiger partial charge in [-0.2, -0.15) is 0 Å². The molecular formula is C10H6F2N2S. The first-order valence-corrected chi connectivity index (χ1v) is 4.57. The molecule has 0 unspecified atom stereocenters. The first-order valence-electron chi connectivity index (χ1n) is 4.16. The van der Waals surface area contributed by atoms with Crippen LogP contribution in [0.4, 0.5) is 8.78 Å². The molecule has 0 spiro atoms. The zero-order chi connectivity index (χ0) is 10.8. The Morgan fingerprint density at radius 2 is 1.73 bits per heavy atom. The lowest BCUT2D eigenvalue weighted by atomic mass is 10.1. The number of nitrogens with zero attached hydrogens (tertiary/aromatic N) is 1. The van der Waals surface area contributed by atoms with Gasteiger partial charge in [0.15, 0.2) is 0 Å². The summed E-state index contributed by atoms with van der Waals surface area (Å²) in [7, 11) is 0. The zero-order valence-corrected chi connectivity index (χ0v) is 8.31. The highest BCUT2D eigenvalue weighted by Gasteiger charge is 2.03. The number of aromatic nitrogens is 2. The molecule has 1 heterocycles. The Labute approximate surface area is 89.6 Å². The van der Waals surface area contributed by atoms with Gasteiger partial charge >= 0.3 is 0 Å². The number of nitrogens with one attached hydrogen (secondary N) is 1. The molecule has 0 amide bonds. The monoisotopic (exact) mass is 224 g/mol. The third-order valence-electron chi connectivity index (χ3n) is 1.83. The van der Waals surface area contributed by atoms with Gasteiger partial charge in [0.05, 0.1) is 18.1 Å². The van der Waals surface area contributed by atoms with Crippen LogP contribution in [-0.4, -0.2) is 9.97 Å². The van der Waals surface area contributed by atoms with Crippen LogP contribution in [0.3, 0.4) is 0 Å². The van der Waals surface area contributed by atoms with Crippen molar-refractivity contribution >= 4 is 12.2 Å². The minimum absolute atomic E-state index is 0.381. The molecule has 76 valence electrons. The molecule has 0 saturated heterocycles. The number of hydrogen-bond acceptors (Lipinski definition) is 2. The second kappa shape index (κ2) is 3.86. The maximum absolute atomic E-state index is 12.9. The molecular weight excluding hydrogens is 218 g/mol. The van der Waals surface area contributed by atoms with Gasteiger partial charge in [-0.1, -0.05) is 12.2 Å². The number of hydrogen-bond donors (Lipinski definition) is 1. The Morgan fingerprint density at radius 1 is 1.07 bits per heavy atom. The zero-order valence-electron chi connectivity index (χ0n) is 7.50. The van der Waals surface area contributed by atoms with Crippen LogP contribution in [0.15, 0.2) is 30.6 Å². The molecule has 0 saturated carbocycles. The first-order chi connectivity index (χ1) is 7.15. The SMILES string of the molecule is Fc1cc(F)cc(-c2cncc(=S)[nH]2)c1. The van der Waals surface area contributed by atoms with Crippen LogP contribution in [0, 0.1) is 16.3 Å². The van der Waals surface area contributed by atoms with E-state index in [1.54, 1.807) is 0 Å². The normalized spacial score (nSPS) is 10.3. The molecule has 2 aromatic rings. The van der Waals surface area contributed by atoms with E-state index in [2.05, 4.69) is 9.97 Å². The van der Waals surface area contributed by atoms with Gasteiger partial charge in [0.25, 0.3) is 0 Å². The van der Waals surface area contributed by atoms with E-state index in [1.165, 1.54) is 24.5 Å². The van der Waals surface area contributed by atoms with Crippen LogP contribution in [0.1, 0.15) is 0 Å². The van der Waals surface area contributed by atoms with Gasteiger partial charge < -0.3 is 4.98 Å². The summed E-state index contributed by atoms with van der Waals surface area (Å²) < 4.78 is 26.2. The van der Waals surface area contributed by atoms with Gasteiger partial charge in [0.1, 0.15) is 16.3 Å². The second-order valence-corrected chi connectivity index (χ2v) is 3.41. The van der Waals surface area contributed by atoms with Crippen molar-refractivity contribution < 1.29 is 8.78 Å². The van der Waals surface area contributed by atoms with Gasteiger partial charge in [0, 0.05) is 11.6 Å². The summed E-state index contributed by atoms with van der Waals surface area (Å²) in [5, 5.41) is 0. The number of halogens is 2. The maximum atomic E-state index is 12.9. The van der Waals surface area contributed by atoms with Crippen molar-refractivity contribution in [2.75, 3.05) is 0 Å². The molecule has 0 aliphatic rings. The van der Waals surface area contributed by atoms with E-state index >= 15 is 0 Å². The Balaban J connectivity index is 2.58. The molecule has 0 atom stereocenters. The van der Waals surface area contributed by atoms with E-state index in [0.717, 1.165) is 6.07 Å². The summed E-state index contributed by atoms with van der Waals surface area (Å²) in [4.78, 5) is 6.64. The minimum Gasteiger partial charge on any atom is -0.344 e. The third-order valence-corrected chi connectivity index (χ3v) is 2.03. The van der Waals surface area contributed by atoms with Crippen molar-refractivity contribution in [3.63, 3.8) is 0 Å². The van der Waals surface area contributed by atoms with Crippen molar-refractivity contribution in [2.24, 2.45) is 0 Å². The number of aromatic amines is 1. The summed E-state index contributed by atoms with van der Waals surface area (Å²) in [6, 6.07) is 3.24. The highest BCUT2D eigenvalue weighted by Crippen LogP contribution is 2.18. The van der Waals surface area contributed by atoms with Gasteiger partial charge in [0.2, 0.25) is 0 Å². The molecule has 2 rings (SSSR count). The largest absolute Gasteiger partial charge is 0.344 e. The number of rotatable bonds is 1. The van der Waals surface area contributed by atoms with E-state index in [4.69, 9.17) is 12.2 Å². The Morgan fingerprint density at radius 3 is 2.33 bits per heavy atom. The fraction of sp³-hybridized carbons (Fsp3) is 0. The first kappa shape index (κ1) is 9.92. The van der Waals surface area contributed by atoms with E-state index in [1.807, 2.05) is 0 Å². The molecule has 5 heteroatoms. The van der Waals surface area contributed by atoms with Crippen molar-refractivity contribution in [2.45, 2.75) is 0 Å². The highest BCUT2D eigenvalue weighted by atomic mass is 32.1. The Bertz CT molecular complexity index is 531. The fourth-order valence-electron chi connectivity index (χ4n) is 1.23. The van der Waals surface area contributed by atoms with Gasteiger partial charge in [-0.25, -0.2) is 8.78 Å². The number of H-pyrrole nitrogens is 1. The van der Waals surface area contributed by atoms with Crippen LogP contribution in [0.5, 0.6) is 0 Å². The number of benzene rings is 1. The van der Waals surface area contributed by atoms with Crippen LogP contribution in [0.2, 0.25) is 0 Å². The van der Waals surface area contributed by atoms with Crippen LogP contribution in [-0.2, 0) is 0 Å². The van der Waals surface area contributed by atoms with Gasteiger partial charge in [-0.05, 0) is 12.1 Å². The van der Waals surface area contributed by atoms with Crippen molar-refractivity contribution in [3.8, 4) is 11.3 Å². The lowest BCUT2D eigenvalue weighted by Gasteiger charge is -2.01. The van der Waals surface area contributed by atoms with Crippen LogP contribution < -0.4 is 0 Å². The molecule has 0 aliphatic carbocycles. The summed E-state index contributed by atoms with van der Waals surface area (Å²) in [6.07, 6.45) is 2.92. The predicted molar refractivity (Wildman–Crippen MR) is 54.8 cm³/mol. The molecule has 0 fully saturated rings. The van der Waals surface area contributed by atoms with E-state index < -0.39 is 11.6 Å². The average Bonchev–Trinajstić information content (AvgIpc) is 2.16. The molecule has 0 radical (unpaired) electrons. The molecule has 2 nitrogen and oxygen atoms in total.